The van der Waals surface area contributed by atoms with Crippen LogP contribution in [0.1, 0.15) is 11.6 Å². The number of carbonyl (C=O) groups excluding carboxylic acids is 2. The highest BCUT2D eigenvalue weighted by atomic mass is 19.1. The third-order valence-corrected chi connectivity index (χ3v) is 5.64. The molecule has 0 aromatic heterocycles. The van der Waals surface area contributed by atoms with E-state index in [2.05, 4.69) is 0 Å². The minimum Gasteiger partial charge on any atom is -0.273 e. The van der Waals surface area contributed by atoms with Crippen LogP contribution in [0.2, 0.25) is 0 Å². The highest BCUT2D eigenvalue weighted by Crippen LogP contribution is 2.47. The van der Waals surface area contributed by atoms with E-state index in [0.717, 1.165) is 4.90 Å². The molecule has 32 heavy (non-hydrogen) atoms. The Balaban J connectivity index is 1.58. The van der Waals surface area contributed by atoms with Crippen LogP contribution in [0.25, 0.3) is 0 Å². The molecular formula is C23H16FN3O5. The Morgan fingerprint density at radius 3 is 2.28 bits per heavy atom. The third-order valence-electron chi connectivity index (χ3n) is 5.64. The zero-order valence-corrected chi connectivity index (χ0v) is 16.5. The number of hydroxylamine groups is 1. The van der Waals surface area contributed by atoms with Gasteiger partial charge in [-0.2, -0.15) is 0 Å². The summed E-state index contributed by atoms with van der Waals surface area (Å²) in [7, 11) is 0. The number of imide groups is 1. The summed E-state index contributed by atoms with van der Waals surface area (Å²) in [6, 6.07) is 19.2. The molecule has 0 N–H and O–H groups in total. The second-order valence-electron chi connectivity index (χ2n) is 7.50. The second-order valence-corrected chi connectivity index (χ2v) is 7.50. The molecule has 3 atom stereocenters. The van der Waals surface area contributed by atoms with Gasteiger partial charge in [-0.05, 0) is 35.9 Å². The van der Waals surface area contributed by atoms with Crippen molar-refractivity contribution in [1.29, 1.82) is 0 Å². The van der Waals surface area contributed by atoms with E-state index >= 15 is 0 Å². The zero-order valence-electron chi connectivity index (χ0n) is 16.5. The summed E-state index contributed by atoms with van der Waals surface area (Å²) in [6.07, 6.45) is -1.11. The Kier molecular flexibility index (Phi) is 4.67. The second kappa shape index (κ2) is 7.54. The van der Waals surface area contributed by atoms with Gasteiger partial charge in [-0.1, -0.05) is 36.4 Å². The number of carbonyl (C=O) groups is 2. The first-order valence-corrected chi connectivity index (χ1v) is 9.84. The fraction of sp³-hybridized carbons (Fsp3) is 0.130. The Morgan fingerprint density at radius 2 is 1.59 bits per heavy atom. The van der Waals surface area contributed by atoms with E-state index in [1.165, 1.54) is 47.5 Å². The van der Waals surface area contributed by atoms with E-state index in [1.807, 2.05) is 6.07 Å². The van der Waals surface area contributed by atoms with Crippen LogP contribution >= 0.6 is 0 Å². The van der Waals surface area contributed by atoms with E-state index < -0.39 is 40.6 Å². The predicted molar refractivity (Wildman–Crippen MR) is 112 cm³/mol. The van der Waals surface area contributed by atoms with Gasteiger partial charge in [-0.3, -0.25) is 24.5 Å². The molecule has 2 saturated heterocycles. The van der Waals surface area contributed by atoms with E-state index in [1.54, 1.807) is 30.3 Å². The Bertz CT molecular complexity index is 1220. The minimum absolute atomic E-state index is 0.138. The van der Waals surface area contributed by atoms with Gasteiger partial charge in [-0.15, -0.1) is 0 Å². The Morgan fingerprint density at radius 1 is 0.875 bits per heavy atom. The minimum atomic E-state index is -1.11. The lowest BCUT2D eigenvalue weighted by atomic mass is 9.90. The molecule has 9 heteroatoms. The summed E-state index contributed by atoms with van der Waals surface area (Å²) in [5.41, 5.74) is 1.19. The normalized spacial score (nSPS) is 22.3. The number of fused-ring (bicyclic) bond motifs is 1. The summed E-state index contributed by atoms with van der Waals surface area (Å²) < 4.78 is 13.3. The van der Waals surface area contributed by atoms with Crippen LogP contribution in [-0.4, -0.2) is 22.8 Å². The number of halogens is 1. The van der Waals surface area contributed by atoms with Crippen LogP contribution in [0.5, 0.6) is 0 Å². The molecule has 0 radical (unpaired) electrons. The lowest BCUT2D eigenvalue weighted by Crippen LogP contribution is -2.37. The molecule has 0 bridgehead atoms. The van der Waals surface area contributed by atoms with Crippen molar-refractivity contribution in [3.8, 4) is 0 Å². The number of nitrogens with zero attached hydrogens (tertiary/aromatic N) is 3. The number of benzene rings is 3. The van der Waals surface area contributed by atoms with Crippen molar-refractivity contribution < 1.29 is 23.7 Å². The maximum absolute atomic E-state index is 13.4. The van der Waals surface area contributed by atoms with Gasteiger partial charge in [0.15, 0.2) is 6.10 Å². The summed E-state index contributed by atoms with van der Waals surface area (Å²) in [5.74, 6) is -2.41. The maximum atomic E-state index is 13.4. The van der Waals surface area contributed by atoms with Gasteiger partial charge in [0.2, 0.25) is 5.91 Å². The summed E-state index contributed by atoms with van der Waals surface area (Å²) in [6.45, 7) is 0. The number of hydrogen-bond donors (Lipinski definition) is 0. The van der Waals surface area contributed by atoms with Crippen molar-refractivity contribution in [3.63, 3.8) is 0 Å². The molecule has 2 aliphatic heterocycles. The monoisotopic (exact) mass is 433 g/mol. The predicted octanol–water partition coefficient (Wildman–Crippen LogP) is 3.79. The number of anilines is 2. The van der Waals surface area contributed by atoms with E-state index in [9.17, 15) is 24.1 Å². The number of nitro groups is 1. The van der Waals surface area contributed by atoms with Crippen LogP contribution in [0.4, 0.5) is 21.5 Å². The lowest BCUT2D eigenvalue weighted by Gasteiger charge is -2.28. The zero-order chi connectivity index (χ0) is 22.4. The van der Waals surface area contributed by atoms with Gasteiger partial charge in [-0.25, -0.2) is 14.4 Å². The largest absolute Gasteiger partial charge is 0.273 e. The van der Waals surface area contributed by atoms with Gasteiger partial charge in [0.1, 0.15) is 11.7 Å². The third kappa shape index (κ3) is 3.10. The summed E-state index contributed by atoms with van der Waals surface area (Å²) in [5, 5.41) is 12.6. The van der Waals surface area contributed by atoms with Gasteiger partial charge < -0.3 is 0 Å². The molecule has 5 rings (SSSR count). The molecule has 2 amide bonds. The lowest BCUT2D eigenvalue weighted by molar-refractivity contribution is -0.384. The molecule has 2 heterocycles. The van der Waals surface area contributed by atoms with E-state index in [4.69, 9.17) is 4.84 Å². The number of rotatable bonds is 4. The maximum Gasteiger partial charge on any atom is 0.271 e. The Hall–Kier alpha value is -4.11. The summed E-state index contributed by atoms with van der Waals surface area (Å²) in [4.78, 5) is 44.3. The molecule has 0 aliphatic carbocycles. The molecular weight excluding hydrogens is 417 g/mol. The standard InChI is InChI=1S/C23H16FN3O5/c24-15-9-11-16(12-10-15)25-22(28)19-20(14-5-2-1-3-6-14)26(32-21(19)23(25)29)17-7-4-8-18(13-17)27(30)31/h1-13,19-21H/t19-,20+,21+/m1/s1. The molecule has 2 fully saturated rings. The van der Waals surface area contributed by atoms with Crippen molar-refractivity contribution in [2.75, 3.05) is 9.96 Å². The molecule has 0 unspecified atom stereocenters. The van der Waals surface area contributed by atoms with E-state index in [-0.39, 0.29) is 11.4 Å². The molecule has 0 spiro atoms. The van der Waals surface area contributed by atoms with Crippen LogP contribution in [0.3, 0.4) is 0 Å². The molecule has 2 aliphatic rings. The Labute approximate surface area is 181 Å². The number of non-ortho nitro benzene ring substituents is 1. The van der Waals surface area contributed by atoms with Gasteiger partial charge >= 0.3 is 0 Å². The van der Waals surface area contributed by atoms with Crippen molar-refractivity contribution in [3.05, 3.63) is 100 Å². The molecule has 3 aromatic carbocycles. The first-order valence-electron chi connectivity index (χ1n) is 9.84. The smallest absolute Gasteiger partial charge is 0.271 e. The molecule has 3 aromatic rings. The quantitative estimate of drug-likeness (QED) is 0.353. The molecule has 8 nitrogen and oxygen atoms in total. The van der Waals surface area contributed by atoms with Crippen molar-refractivity contribution in [2.24, 2.45) is 5.92 Å². The SMILES string of the molecule is O=C1[C@H]2[C@H](ON(c3cccc([N+](=O)[O-])c3)[C@H]2c2ccccc2)C(=O)N1c1ccc(F)cc1. The van der Waals surface area contributed by atoms with Crippen LogP contribution < -0.4 is 9.96 Å². The fourth-order valence-corrected chi connectivity index (χ4v) is 4.22. The molecule has 160 valence electrons. The number of nitro benzene ring substituents is 1. The van der Waals surface area contributed by atoms with Crippen molar-refractivity contribution >= 4 is 28.9 Å². The van der Waals surface area contributed by atoms with Crippen LogP contribution in [0, 0.1) is 21.8 Å². The topological polar surface area (TPSA) is 93.0 Å². The fourth-order valence-electron chi connectivity index (χ4n) is 4.22. The summed E-state index contributed by atoms with van der Waals surface area (Å²) >= 11 is 0. The van der Waals surface area contributed by atoms with E-state index in [0.29, 0.717) is 11.3 Å². The molecule has 0 saturated carbocycles. The highest BCUT2D eigenvalue weighted by molar-refractivity contribution is 6.23. The number of hydrogen-bond acceptors (Lipinski definition) is 6. The number of amides is 2. The van der Waals surface area contributed by atoms with Gasteiger partial charge in [0, 0.05) is 12.1 Å². The first-order chi connectivity index (χ1) is 15.5. The highest BCUT2D eigenvalue weighted by Gasteiger charge is 2.60. The van der Waals surface area contributed by atoms with Gasteiger partial charge in [0.05, 0.1) is 22.3 Å². The van der Waals surface area contributed by atoms with Crippen molar-refractivity contribution in [1.82, 2.24) is 0 Å². The average Bonchev–Trinajstić information content (AvgIpc) is 3.31. The van der Waals surface area contributed by atoms with Crippen LogP contribution in [-0.2, 0) is 14.4 Å². The first kappa shape index (κ1) is 19.8. The van der Waals surface area contributed by atoms with Gasteiger partial charge in [0.25, 0.3) is 11.6 Å². The van der Waals surface area contributed by atoms with Crippen molar-refractivity contribution in [2.45, 2.75) is 12.1 Å². The van der Waals surface area contributed by atoms with Crippen LogP contribution in [0.15, 0.2) is 78.9 Å². The average molecular weight is 433 g/mol.